The first-order chi connectivity index (χ1) is 4.57. The molecule has 0 aliphatic heterocycles. The highest BCUT2D eigenvalue weighted by atomic mass is 16.4. The molecule has 0 fully saturated rings. The molecule has 0 aromatic rings. The average Bonchev–Trinajstić information content (AvgIpc) is 1.81. The summed E-state index contributed by atoms with van der Waals surface area (Å²) in [6, 6.07) is 1.55. The van der Waals surface area contributed by atoms with E-state index in [0.717, 1.165) is 0 Å². The number of carboxylic acid groups (broad SMARTS) is 1. The molecule has 0 unspecified atom stereocenters. The molecular weight excluding hydrogens is 132 g/mol. The molecule has 0 saturated heterocycles. The van der Waals surface area contributed by atoms with Crippen molar-refractivity contribution in [3.63, 3.8) is 0 Å². The van der Waals surface area contributed by atoms with Gasteiger partial charge in [0.15, 0.2) is 5.57 Å². The van der Waals surface area contributed by atoms with Crippen molar-refractivity contribution in [1.29, 1.82) is 5.26 Å². The van der Waals surface area contributed by atoms with E-state index in [-0.39, 0.29) is 5.57 Å². The number of carbonyl (C=O) groups is 1. The fourth-order valence-electron chi connectivity index (χ4n) is 0.390. The molecule has 0 amide bonds. The Kier molecular flexibility index (Phi) is 2.98. The molecule has 0 saturated carbocycles. The van der Waals surface area contributed by atoms with Crippen molar-refractivity contribution in [2.24, 2.45) is 0 Å². The fourth-order valence-corrected chi connectivity index (χ4v) is 0.390. The van der Waals surface area contributed by atoms with Gasteiger partial charge >= 0.3 is 5.97 Å². The van der Waals surface area contributed by atoms with E-state index >= 15 is 0 Å². The molecule has 4 heteroatoms. The van der Waals surface area contributed by atoms with Crippen LogP contribution in [0.1, 0.15) is 0 Å². The number of nitriles is 1. The van der Waals surface area contributed by atoms with Crippen LogP contribution >= 0.6 is 0 Å². The zero-order chi connectivity index (χ0) is 8.15. The van der Waals surface area contributed by atoms with E-state index < -0.39 is 5.97 Å². The van der Waals surface area contributed by atoms with Gasteiger partial charge in [0.05, 0.1) is 0 Å². The Bertz CT molecular complexity index is 200. The molecular formula is C6H8N2O2. The van der Waals surface area contributed by atoms with Crippen molar-refractivity contribution in [1.82, 2.24) is 4.90 Å². The van der Waals surface area contributed by atoms with Gasteiger partial charge in [0.25, 0.3) is 0 Å². The Morgan fingerprint density at radius 3 is 2.30 bits per heavy atom. The van der Waals surface area contributed by atoms with E-state index in [1.165, 1.54) is 11.1 Å². The van der Waals surface area contributed by atoms with Crippen LogP contribution in [0.15, 0.2) is 11.8 Å². The third kappa shape index (κ3) is 2.72. The van der Waals surface area contributed by atoms with Gasteiger partial charge in [0.2, 0.25) is 0 Å². The quantitative estimate of drug-likeness (QED) is 0.434. The van der Waals surface area contributed by atoms with Crippen LogP contribution in [0.5, 0.6) is 0 Å². The van der Waals surface area contributed by atoms with Crippen LogP contribution < -0.4 is 0 Å². The molecule has 0 aliphatic carbocycles. The van der Waals surface area contributed by atoms with Crippen molar-refractivity contribution in [3.05, 3.63) is 11.8 Å². The van der Waals surface area contributed by atoms with Gasteiger partial charge in [-0.15, -0.1) is 0 Å². The largest absolute Gasteiger partial charge is 0.477 e. The highest BCUT2D eigenvalue weighted by Crippen LogP contribution is 1.92. The Balaban J connectivity index is 4.39. The minimum Gasteiger partial charge on any atom is -0.477 e. The number of hydrogen-bond donors (Lipinski definition) is 1. The number of carboxylic acids is 1. The minimum atomic E-state index is -1.20. The molecule has 0 radical (unpaired) electrons. The normalized spacial score (nSPS) is 10.3. The van der Waals surface area contributed by atoms with Crippen LogP contribution in [0, 0.1) is 11.3 Å². The lowest BCUT2D eigenvalue weighted by Crippen LogP contribution is -2.07. The van der Waals surface area contributed by atoms with E-state index in [1.54, 1.807) is 20.2 Å². The monoisotopic (exact) mass is 140 g/mol. The third-order valence-corrected chi connectivity index (χ3v) is 0.738. The van der Waals surface area contributed by atoms with E-state index in [1.807, 2.05) is 0 Å². The van der Waals surface area contributed by atoms with Crippen LogP contribution in [-0.4, -0.2) is 30.1 Å². The summed E-state index contributed by atoms with van der Waals surface area (Å²) in [6.07, 6.45) is 1.25. The Morgan fingerprint density at radius 1 is 1.70 bits per heavy atom. The van der Waals surface area contributed by atoms with Gasteiger partial charge in [-0.05, 0) is 0 Å². The summed E-state index contributed by atoms with van der Waals surface area (Å²) in [6.45, 7) is 0. The van der Waals surface area contributed by atoms with Crippen molar-refractivity contribution in [3.8, 4) is 6.07 Å². The van der Waals surface area contributed by atoms with Gasteiger partial charge in [-0.2, -0.15) is 5.26 Å². The fraction of sp³-hybridized carbons (Fsp3) is 0.333. The zero-order valence-corrected chi connectivity index (χ0v) is 5.83. The zero-order valence-electron chi connectivity index (χ0n) is 5.83. The third-order valence-electron chi connectivity index (χ3n) is 0.738. The van der Waals surface area contributed by atoms with Crippen molar-refractivity contribution < 1.29 is 9.90 Å². The first-order valence-electron chi connectivity index (χ1n) is 2.59. The van der Waals surface area contributed by atoms with Gasteiger partial charge in [-0.3, -0.25) is 0 Å². The number of aliphatic carboxylic acids is 1. The first-order valence-corrected chi connectivity index (χ1v) is 2.59. The minimum absolute atomic E-state index is 0.259. The van der Waals surface area contributed by atoms with Crippen LogP contribution in [0.3, 0.4) is 0 Å². The lowest BCUT2D eigenvalue weighted by atomic mass is 10.3. The molecule has 0 spiro atoms. The molecule has 0 heterocycles. The molecule has 0 bridgehead atoms. The van der Waals surface area contributed by atoms with E-state index in [2.05, 4.69) is 0 Å². The Morgan fingerprint density at radius 2 is 2.20 bits per heavy atom. The standard InChI is InChI=1S/C6H8N2O2/c1-8(2)4-5(3-7)6(9)10/h4H,1-2H3,(H,9,10)/b5-4+. The summed E-state index contributed by atoms with van der Waals surface area (Å²) in [7, 11) is 3.31. The lowest BCUT2D eigenvalue weighted by Gasteiger charge is -2.02. The van der Waals surface area contributed by atoms with Crippen molar-refractivity contribution in [2.45, 2.75) is 0 Å². The molecule has 0 aromatic carbocycles. The second kappa shape index (κ2) is 3.51. The summed E-state index contributed by atoms with van der Waals surface area (Å²) < 4.78 is 0. The van der Waals surface area contributed by atoms with Crippen LogP contribution in [0.25, 0.3) is 0 Å². The van der Waals surface area contributed by atoms with Crippen molar-refractivity contribution in [2.75, 3.05) is 14.1 Å². The van der Waals surface area contributed by atoms with Crippen molar-refractivity contribution >= 4 is 5.97 Å². The molecule has 0 rings (SSSR count). The van der Waals surface area contributed by atoms with Gasteiger partial charge in [0, 0.05) is 20.3 Å². The maximum absolute atomic E-state index is 10.1. The summed E-state index contributed by atoms with van der Waals surface area (Å²) >= 11 is 0. The predicted octanol–water partition coefficient (Wildman–Crippen LogP) is 0.0401. The lowest BCUT2D eigenvalue weighted by molar-refractivity contribution is -0.132. The highest BCUT2D eigenvalue weighted by molar-refractivity contribution is 5.90. The van der Waals surface area contributed by atoms with Gasteiger partial charge in [0.1, 0.15) is 6.07 Å². The van der Waals surface area contributed by atoms with E-state index in [9.17, 15) is 4.79 Å². The maximum atomic E-state index is 10.1. The highest BCUT2D eigenvalue weighted by Gasteiger charge is 2.04. The molecule has 1 N–H and O–H groups in total. The maximum Gasteiger partial charge on any atom is 0.347 e. The molecule has 0 atom stereocenters. The van der Waals surface area contributed by atoms with E-state index in [0.29, 0.717) is 0 Å². The summed E-state index contributed by atoms with van der Waals surface area (Å²) in [5.41, 5.74) is -0.259. The number of hydrogen-bond acceptors (Lipinski definition) is 3. The van der Waals surface area contributed by atoms with Crippen LogP contribution in [0.4, 0.5) is 0 Å². The molecule has 0 aromatic heterocycles. The SMILES string of the molecule is CN(C)/C=C(\C#N)C(=O)O. The van der Waals surface area contributed by atoms with E-state index in [4.69, 9.17) is 10.4 Å². The topological polar surface area (TPSA) is 64.3 Å². The smallest absolute Gasteiger partial charge is 0.347 e. The van der Waals surface area contributed by atoms with Crippen LogP contribution in [0.2, 0.25) is 0 Å². The summed E-state index contributed by atoms with van der Waals surface area (Å²) in [4.78, 5) is 11.7. The Labute approximate surface area is 59.0 Å². The molecule has 10 heavy (non-hydrogen) atoms. The first kappa shape index (κ1) is 8.50. The van der Waals surface area contributed by atoms with Crippen LogP contribution in [-0.2, 0) is 4.79 Å². The second-order valence-electron chi connectivity index (χ2n) is 1.92. The molecule has 0 aliphatic rings. The molecule has 4 nitrogen and oxygen atoms in total. The molecule has 54 valence electrons. The second-order valence-corrected chi connectivity index (χ2v) is 1.92. The predicted molar refractivity (Wildman–Crippen MR) is 35.0 cm³/mol. The Hall–Kier alpha value is -1.50. The number of rotatable bonds is 2. The summed E-state index contributed by atoms with van der Waals surface area (Å²) in [5, 5.41) is 16.5. The van der Waals surface area contributed by atoms with Gasteiger partial charge in [-0.1, -0.05) is 0 Å². The number of nitrogens with zero attached hydrogens (tertiary/aromatic N) is 2. The average molecular weight is 140 g/mol. The van der Waals surface area contributed by atoms with Gasteiger partial charge < -0.3 is 10.0 Å². The van der Waals surface area contributed by atoms with Gasteiger partial charge in [-0.25, -0.2) is 4.79 Å². The summed E-state index contributed by atoms with van der Waals surface area (Å²) in [5.74, 6) is -1.20.